The maximum absolute atomic E-state index is 12.1. The van der Waals surface area contributed by atoms with Gasteiger partial charge in [-0.25, -0.2) is 0 Å². The topological polar surface area (TPSA) is 192 Å². The average Bonchev–Trinajstić information content (AvgIpc) is 3.09. The van der Waals surface area contributed by atoms with Crippen LogP contribution in [0.4, 0.5) is 0 Å². The molecule has 1 fully saturated rings. The van der Waals surface area contributed by atoms with Gasteiger partial charge in [0.05, 0.1) is 0 Å². The first-order valence-electron chi connectivity index (χ1n) is 18.4. The number of nitrogens with one attached hydrogen (secondary N) is 5. The van der Waals surface area contributed by atoms with E-state index in [1.807, 2.05) is 34.6 Å². The number of ether oxygens (including phenoxy) is 5. The Morgan fingerprint density at radius 3 is 0.660 bits per heavy atom. The molecule has 0 bridgehead atoms. The van der Waals surface area contributed by atoms with Crippen LogP contribution in [0, 0.1) is 0 Å². The van der Waals surface area contributed by atoms with Crippen LogP contribution in [-0.2, 0) is 47.7 Å². The first kappa shape index (κ1) is 45.2. The minimum absolute atomic E-state index is 0.0532. The Morgan fingerprint density at radius 2 is 0.500 bits per heavy atom. The van der Waals surface area contributed by atoms with Crippen LogP contribution in [0.1, 0.15) is 98.8 Å². The molecule has 0 aromatic heterocycles. The van der Waals surface area contributed by atoms with Crippen LogP contribution in [0.5, 0.6) is 0 Å². The van der Waals surface area contributed by atoms with E-state index in [2.05, 4.69) is 26.6 Å². The van der Waals surface area contributed by atoms with Crippen molar-refractivity contribution in [3.8, 4) is 0 Å². The fourth-order valence-electron chi connectivity index (χ4n) is 4.89. The van der Waals surface area contributed by atoms with Gasteiger partial charge in [-0.15, -0.1) is 0 Å². The zero-order valence-electron chi connectivity index (χ0n) is 31.1. The lowest BCUT2D eigenvalue weighted by Crippen LogP contribution is -2.33. The van der Waals surface area contributed by atoms with Crippen molar-refractivity contribution >= 4 is 29.8 Å². The summed E-state index contributed by atoms with van der Waals surface area (Å²) in [7, 11) is 0. The van der Waals surface area contributed by atoms with Crippen molar-refractivity contribution in [2.45, 2.75) is 129 Å². The lowest BCUT2D eigenvalue weighted by molar-refractivity contribution is -0.144. The number of carbonyl (C=O) groups excluding carboxylic acids is 5. The zero-order valence-corrected chi connectivity index (χ0v) is 31.1. The summed E-state index contributed by atoms with van der Waals surface area (Å²) in [6.45, 7) is 13.4. The monoisotopic (exact) mass is 715 g/mol. The molecular formula is C35H65N5O10. The van der Waals surface area contributed by atoms with E-state index >= 15 is 0 Å². The molecular weight excluding hydrogens is 650 g/mol. The Morgan fingerprint density at radius 1 is 0.340 bits per heavy atom. The first-order chi connectivity index (χ1) is 23.9. The summed E-state index contributed by atoms with van der Waals surface area (Å²) >= 11 is 0. The minimum atomic E-state index is -0.279. The second kappa shape index (κ2) is 28.8. The molecule has 5 N–H and O–H groups in total. The molecule has 0 spiro atoms. The summed E-state index contributed by atoms with van der Waals surface area (Å²) in [4.78, 5) is 60.6. The maximum atomic E-state index is 12.1. The van der Waals surface area contributed by atoms with Gasteiger partial charge in [0, 0.05) is 95.0 Å². The van der Waals surface area contributed by atoms with E-state index in [9.17, 15) is 24.0 Å². The van der Waals surface area contributed by atoms with Gasteiger partial charge in [0.15, 0.2) is 0 Å². The smallest absolute Gasteiger partial charge is 0.305 e. The minimum Gasteiger partial charge on any atom is -0.464 e. The third-order valence-corrected chi connectivity index (χ3v) is 8.20. The van der Waals surface area contributed by atoms with Crippen molar-refractivity contribution < 1.29 is 47.7 Å². The van der Waals surface area contributed by atoms with Gasteiger partial charge in [-0.1, -0.05) is 0 Å². The Bertz CT molecular complexity index is 798. The van der Waals surface area contributed by atoms with Crippen LogP contribution in [0.25, 0.3) is 0 Å². The van der Waals surface area contributed by atoms with Crippen LogP contribution in [0.3, 0.4) is 0 Å². The van der Waals surface area contributed by atoms with E-state index in [1.54, 1.807) is 0 Å². The molecule has 1 heterocycles. The van der Waals surface area contributed by atoms with Crippen LogP contribution in [0.15, 0.2) is 0 Å². The van der Waals surface area contributed by atoms with Gasteiger partial charge < -0.3 is 50.3 Å². The van der Waals surface area contributed by atoms with Crippen molar-refractivity contribution in [1.29, 1.82) is 0 Å². The number of carbonyl (C=O) groups is 5. The van der Waals surface area contributed by atoms with E-state index in [0.29, 0.717) is 64.8 Å². The van der Waals surface area contributed by atoms with Gasteiger partial charge in [-0.3, -0.25) is 24.0 Å². The predicted molar refractivity (Wildman–Crippen MR) is 188 cm³/mol. The van der Waals surface area contributed by atoms with Crippen molar-refractivity contribution in [3.63, 3.8) is 0 Å². The highest BCUT2D eigenvalue weighted by Gasteiger charge is 2.13. The van der Waals surface area contributed by atoms with Gasteiger partial charge in [0.1, 0.15) is 33.0 Å². The van der Waals surface area contributed by atoms with Gasteiger partial charge >= 0.3 is 29.8 Å². The molecule has 0 aliphatic carbocycles. The fourth-order valence-corrected chi connectivity index (χ4v) is 4.89. The normalized spacial score (nSPS) is 28.5. The molecule has 0 aromatic rings. The molecule has 0 aromatic carbocycles. The standard InChI is InChI=1S/C35H65N5O10/c1-26-6-11-31(41)47-22-17-37-28(3)8-13-33(43)49-24-19-39-30(5)10-15-35(45)50-25-20-40-29(4)9-14-34(44)48-23-18-38-27(2)7-12-32(42)46-21-16-36-26/h26-30,36-40H,6-25H2,1-5H3. The average molecular weight is 716 g/mol. The summed E-state index contributed by atoms with van der Waals surface area (Å²) in [5.41, 5.74) is 0. The summed E-state index contributed by atoms with van der Waals surface area (Å²) in [6, 6.07) is 0.266. The van der Waals surface area contributed by atoms with E-state index < -0.39 is 0 Å². The predicted octanol–water partition coefficient (Wildman–Crippen LogP) is 1.51. The van der Waals surface area contributed by atoms with E-state index in [4.69, 9.17) is 23.7 Å². The fraction of sp³-hybridized carbons (Fsp3) is 0.857. The molecule has 1 aliphatic heterocycles. The SMILES string of the molecule is CC1CCC(=O)OCCNC(C)CCC(=O)OCCNC(C)CCC(=O)OCCNC(C)CCC(=O)OCCNC(C)CCC(=O)OCCN1. The Hall–Kier alpha value is -2.85. The lowest BCUT2D eigenvalue weighted by atomic mass is 10.2. The van der Waals surface area contributed by atoms with Gasteiger partial charge in [0.2, 0.25) is 0 Å². The molecule has 5 atom stereocenters. The number of esters is 5. The van der Waals surface area contributed by atoms with E-state index in [1.165, 1.54) is 0 Å². The Kier molecular flexibility index (Phi) is 26.0. The summed E-state index contributed by atoms with van der Waals surface area (Å²) in [6.07, 6.45) is 4.34. The molecule has 15 heteroatoms. The molecule has 15 nitrogen and oxygen atoms in total. The summed E-state index contributed by atoms with van der Waals surface area (Å²) in [5.74, 6) is -1.39. The molecule has 0 saturated carbocycles. The third-order valence-electron chi connectivity index (χ3n) is 8.20. The highest BCUT2D eigenvalue weighted by Crippen LogP contribution is 2.04. The maximum Gasteiger partial charge on any atom is 0.305 e. The van der Waals surface area contributed by atoms with Crippen molar-refractivity contribution in [2.24, 2.45) is 0 Å². The summed E-state index contributed by atoms with van der Waals surface area (Å²) < 4.78 is 26.5. The van der Waals surface area contributed by atoms with Crippen LogP contribution < -0.4 is 26.6 Å². The molecule has 1 rings (SSSR count). The highest BCUT2D eigenvalue weighted by molar-refractivity contribution is 5.70. The molecule has 0 amide bonds. The second-order valence-corrected chi connectivity index (χ2v) is 13.1. The first-order valence-corrected chi connectivity index (χ1v) is 18.4. The van der Waals surface area contributed by atoms with Crippen molar-refractivity contribution in [2.75, 3.05) is 65.8 Å². The molecule has 290 valence electrons. The van der Waals surface area contributed by atoms with Crippen LogP contribution in [0.2, 0.25) is 0 Å². The molecule has 50 heavy (non-hydrogen) atoms. The number of rotatable bonds is 0. The van der Waals surface area contributed by atoms with Crippen LogP contribution in [-0.4, -0.2) is 126 Å². The van der Waals surface area contributed by atoms with E-state index in [-0.39, 0.29) is 125 Å². The Labute approximate surface area is 298 Å². The van der Waals surface area contributed by atoms with Crippen molar-refractivity contribution in [3.05, 3.63) is 0 Å². The molecule has 1 saturated heterocycles. The highest BCUT2D eigenvalue weighted by atomic mass is 16.5. The molecule has 0 radical (unpaired) electrons. The van der Waals surface area contributed by atoms with Crippen molar-refractivity contribution in [1.82, 2.24) is 26.6 Å². The molecule has 1 aliphatic rings. The van der Waals surface area contributed by atoms with Gasteiger partial charge in [-0.2, -0.15) is 0 Å². The zero-order chi connectivity index (χ0) is 37.0. The third kappa shape index (κ3) is 26.9. The quantitative estimate of drug-likeness (QED) is 0.179. The summed E-state index contributed by atoms with van der Waals surface area (Å²) in [5, 5.41) is 16.2. The molecule has 5 unspecified atom stereocenters. The lowest BCUT2D eigenvalue weighted by Gasteiger charge is -2.16. The van der Waals surface area contributed by atoms with E-state index in [0.717, 1.165) is 0 Å². The van der Waals surface area contributed by atoms with Gasteiger partial charge in [0.25, 0.3) is 0 Å². The number of cyclic esters (lactones) is 5. The number of hydrogen-bond donors (Lipinski definition) is 5. The van der Waals surface area contributed by atoms with Gasteiger partial charge in [-0.05, 0) is 66.7 Å². The Balaban J connectivity index is 2.45. The number of hydrogen-bond acceptors (Lipinski definition) is 15. The second-order valence-electron chi connectivity index (χ2n) is 13.1. The largest absolute Gasteiger partial charge is 0.464 e. The van der Waals surface area contributed by atoms with Crippen LogP contribution >= 0.6 is 0 Å².